The van der Waals surface area contributed by atoms with Crippen LogP contribution in [0.5, 0.6) is 0 Å². The van der Waals surface area contributed by atoms with Crippen molar-refractivity contribution in [1.82, 2.24) is 4.98 Å². The Morgan fingerprint density at radius 3 is 2.52 bits per heavy atom. The largest absolute Gasteiger partial charge is 0.298 e. The zero-order chi connectivity index (χ0) is 14.8. The molecule has 0 unspecified atom stereocenters. The molecule has 2 aromatic heterocycles. The molecule has 0 aliphatic rings. The van der Waals surface area contributed by atoms with Crippen molar-refractivity contribution in [3.8, 4) is 11.3 Å². The molecule has 1 amide bonds. The molecule has 0 atom stereocenters. The van der Waals surface area contributed by atoms with Gasteiger partial charge in [-0.2, -0.15) is 0 Å². The van der Waals surface area contributed by atoms with Crippen LogP contribution in [0.1, 0.15) is 20.8 Å². The molecule has 2 heterocycles. The summed E-state index contributed by atoms with van der Waals surface area (Å²) in [7, 11) is 0. The first-order valence-corrected chi connectivity index (χ1v) is 8.28. The molecule has 0 aliphatic heterocycles. The van der Waals surface area contributed by atoms with E-state index >= 15 is 0 Å². The molecule has 0 radical (unpaired) electrons. The van der Waals surface area contributed by atoms with Crippen molar-refractivity contribution >= 4 is 33.7 Å². The highest BCUT2D eigenvalue weighted by atomic mass is 32.1. The second-order valence-corrected chi connectivity index (χ2v) is 6.63. The average Bonchev–Trinajstić information content (AvgIpc) is 3.08. The van der Waals surface area contributed by atoms with Crippen LogP contribution in [0.4, 0.5) is 5.13 Å². The summed E-state index contributed by atoms with van der Waals surface area (Å²) in [5.41, 5.74) is 3.71. The summed E-state index contributed by atoms with van der Waals surface area (Å²) in [6.07, 6.45) is 0. The van der Waals surface area contributed by atoms with Crippen LogP contribution in [0.3, 0.4) is 0 Å². The third kappa shape index (κ3) is 2.89. The Bertz CT molecular complexity index is 775. The molecular weight excluding hydrogens is 300 g/mol. The molecular formula is C16H14N2OS2. The minimum atomic E-state index is -0.0918. The van der Waals surface area contributed by atoms with Crippen molar-refractivity contribution in [1.29, 1.82) is 0 Å². The fourth-order valence-corrected chi connectivity index (χ4v) is 3.55. The number of nitrogens with zero attached hydrogens (tertiary/aromatic N) is 1. The zero-order valence-corrected chi connectivity index (χ0v) is 13.3. The molecule has 0 bridgehead atoms. The lowest BCUT2D eigenvalue weighted by Gasteiger charge is -2.01. The number of hydrogen-bond donors (Lipinski definition) is 1. The van der Waals surface area contributed by atoms with Crippen molar-refractivity contribution in [3.05, 3.63) is 57.1 Å². The van der Waals surface area contributed by atoms with Gasteiger partial charge in [0.15, 0.2) is 5.13 Å². The van der Waals surface area contributed by atoms with Crippen LogP contribution in [0.2, 0.25) is 0 Å². The van der Waals surface area contributed by atoms with Crippen LogP contribution in [0, 0.1) is 13.8 Å². The predicted molar refractivity (Wildman–Crippen MR) is 89.3 cm³/mol. The zero-order valence-electron chi connectivity index (χ0n) is 11.7. The topological polar surface area (TPSA) is 42.0 Å². The molecule has 0 aliphatic carbocycles. The van der Waals surface area contributed by atoms with Crippen LogP contribution in [0.15, 0.2) is 41.1 Å². The van der Waals surface area contributed by atoms with Crippen molar-refractivity contribution in [2.24, 2.45) is 0 Å². The lowest BCUT2D eigenvalue weighted by atomic mass is 10.2. The highest BCUT2D eigenvalue weighted by Crippen LogP contribution is 2.26. The van der Waals surface area contributed by atoms with Crippen molar-refractivity contribution in [2.45, 2.75) is 13.8 Å². The van der Waals surface area contributed by atoms with Crippen molar-refractivity contribution < 1.29 is 4.79 Å². The van der Waals surface area contributed by atoms with Crippen LogP contribution in [0.25, 0.3) is 11.3 Å². The van der Waals surface area contributed by atoms with E-state index in [1.807, 2.05) is 54.9 Å². The molecule has 106 valence electrons. The molecule has 0 fully saturated rings. The van der Waals surface area contributed by atoms with E-state index in [-0.39, 0.29) is 5.91 Å². The Hall–Kier alpha value is -1.98. The van der Waals surface area contributed by atoms with Crippen LogP contribution in [-0.4, -0.2) is 10.9 Å². The second kappa shape index (κ2) is 5.79. The Morgan fingerprint density at radius 2 is 1.86 bits per heavy atom. The third-order valence-corrected chi connectivity index (χ3v) is 5.10. The Labute approximate surface area is 131 Å². The lowest BCUT2D eigenvalue weighted by Crippen LogP contribution is -2.12. The fourth-order valence-electron chi connectivity index (χ4n) is 1.97. The molecule has 0 spiro atoms. The number of carbonyl (C=O) groups is 1. The number of amides is 1. The number of carbonyl (C=O) groups excluding carboxylic acids is 1. The van der Waals surface area contributed by atoms with Gasteiger partial charge >= 0.3 is 0 Å². The molecule has 1 aromatic carbocycles. The normalized spacial score (nSPS) is 10.6. The standard InChI is InChI=1S/C16H14N2OS2/c1-10-11(2)20-8-13(10)15(19)18-16-17-14(9-21-16)12-6-4-3-5-7-12/h3-9H,1-2H3,(H,17,18,19). The molecule has 5 heteroatoms. The van der Waals surface area contributed by atoms with E-state index in [0.29, 0.717) is 5.13 Å². The monoisotopic (exact) mass is 314 g/mol. The summed E-state index contributed by atoms with van der Waals surface area (Å²) >= 11 is 3.03. The highest BCUT2D eigenvalue weighted by Gasteiger charge is 2.14. The summed E-state index contributed by atoms with van der Waals surface area (Å²) in [6.45, 7) is 3.99. The maximum absolute atomic E-state index is 12.3. The summed E-state index contributed by atoms with van der Waals surface area (Å²) in [5.74, 6) is -0.0918. The van der Waals surface area contributed by atoms with Gasteiger partial charge in [-0.1, -0.05) is 30.3 Å². The molecule has 0 saturated heterocycles. The lowest BCUT2D eigenvalue weighted by molar-refractivity contribution is 0.102. The Kier molecular flexibility index (Phi) is 3.86. The summed E-state index contributed by atoms with van der Waals surface area (Å²) < 4.78 is 0. The van der Waals surface area contributed by atoms with Gasteiger partial charge in [-0.05, 0) is 19.4 Å². The van der Waals surface area contributed by atoms with E-state index in [2.05, 4.69) is 10.3 Å². The van der Waals surface area contributed by atoms with Gasteiger partial charge < -0.3 is 0 Å². The number of nitrogens with one attached hydrogen (secondary N) is 1. The minimum Gasteiger partial charge on any atom is -0.298 e. The van der Waals surface area contributed by atoms with Gasteiger partial charge in [0, 0.05) is 21.2 Å². The minimum absolute atomic E-state index is 0.0918. The van der Waals surface area contributed by atoms with Gasteiger partial charge in [0.05, 0.1) is 11.3 Å². The number of thiazole rings is 1. The van der Waals surface area contributed by atoms with Gasteiger partial charge in [0.25, 0.3) is 5.91 Å². The first-order chi connectivity index (χ1) is 10.1. The number of aryl methyl sites for hydroxylation is 1. The Morgan fingerprint density at radius 1 is 1.10 bits per heavy atom. The summed E-state index contributed by atoms with van der Waals surface area (Å²) in [5, 5.41) is 7.35. The molecule has 3 aromatic rings. The average molecular weight is 314 g/mol. The number of anilines is 1. The number of hydrogen-bond acceptors (Lipinski definition) is 4. The van der Waals surface area contributed by atoms with E-state index in [9.17, 15) is 4.79 Å². The van der Waals surface area contributed by atoms with E-state index in [0.717, 1.165) is 22.4 Å². The first-order valence-electron chi connectivity index (χ1n) is 6.52. The number of aromatic nitrogens is 1. The third-order valence-electron chi connectivity index (χ3n) is 3.32. The van der Waals surface area contributed by atoms with Gasteiger partial charge in [-0.3, -0.25) is 10.1 Å². The van der Waals surface area contributed by atoms with Crippen LogP contribution < -0.4 is 5.32 Å². The SMILES string of the molecule is Cc1scc(C(=O)Nc2nc(-c3ccccc3)cs2)c1C. The maximum atomic E-state index is 12.3. The molecule has 21 heavy (non-hydrogen) atoms. The van der Waals surface area contributed by atoms with Gasteiger partial charge in [0.2, 0.25) is 0 Å². The van der Waals surface area contributed by atoms with Crippen LogP contribution >= 0.6 is 22.7 Å². The molecule has 3 rings (SSSR count). The summed E-state index contributed by atoms with van der Waals surface area (Å²) in [6, 6.07) is 9.94. The van der Waals surface area contributed by atoms with Gasteiger partial charge in [0.1, 0.15) is 0 Å². The predicted octanol–water partition coefficient (Wildman–Crippen LogP) is 4.74. The molecule has 0 saturated carbocycles. The van der Waals surface area contributed by atoms with Crippen molar-refractivity contribution in [2.75, 3.05) is 5.32 Å². The fraction of sp³-hybridized carbons (Fsp3) is 0.125. The molecule has 1 N–H and O–H groups in total. The number of rotatable bonds is 3. The summed E-state index contributed by atoms with van der Waals surface area (Å²) in [4.78, 5) is 17.9. The van der Waals surface area contributed by atoms with E-state index in [4.69, 9.17) is 0 Å². The van der Waals surface area contributed by atoms with E-state index in [1.165, 1.54) is 16.2 Å². The number of thiophene rings is 1. The van der Waals surface area contributed by atoms with Crippen molar-refractivity contribution in [3.63, 3.8) is 0 Å². The smallest absolute Gasteiger partial charge is 0.258 e. The number of benzene rings is 1. The van der Waals surface area contributed by atoms with Crippen LogP contribution in [-0.2, 0) is 0 Å². The second-order valence-electron chi connectivity index (χ2n) is 4.69. The van der Waals surface area contributed by atoms with E-state index < -0.39 is 0 Å². The van der Waals surface area contributed by atoms with Gasteiger partial charge in [-0.15, -0.1) is 22.7 Å². The highest BCUT2D eigenvalue weighted by molar-refractivity contribution is 7.14. The maximum Gasteiger partial charge on any atom is 0.258 e. The van der Waals surface area contributed by atoms with E-state index in [1.54, 1.807) is 11.3 Å². The molecule has 3 nitrogen and oxygen atoms in total. The van der Waals surface area contributed by atoms with Gasteiger partial charge in [-0.25, -0.2) is 4.98 Å². The first kappa shape index (κ1) is 14.0. The Balaban J connectivity index is 1.79. The quantitative estimate of drug-likeness (QED) is 0.758.